The largest absolute Gasteiger partial charge is 0.478 e. The molecule has 0 bridgehead atoms. The highest BCUT2D eigenvalue weighted by Gasteiger charge is 2.16. The first-order chi connectivity index (χ1) is 16.1. The molecule has 1 N–H and O–H groups in total. The van der Waals surface area contributed by atoms with Crippen molar-refractivity contribution in [1.29, 1.82) is 0 Å². The molecule has 0 radical (unpaired) electrons. The number of carboxylic acids is 1. The third-order valence-corrected chi connectivity index (χ3v) is 6.54. The highest BCUT2D eigenvalue weighted by Crippen LogP contribution is 2.27. The molecule has 170 valence electrons. The molecule has 1 heterocycles. The lowest BCUT2D eigenvalue weighted by Gasteiger charge is -2.20. The number of aryl methyl sites for hydroxylation is 2. The van der Waals surface area contributed by atoms with E-state index in [0.29, 0.717) is 18.5 Å². The van der Waals surface area contributed by atoms with Gasteiger partial charge in [0.2, 0.25) is 0 Å². The Bertz CT molecular complexity index is 1120. The Morgan fingerprint density at radius 1 is 1.06 bits per heavy atom. The molecule has 1 aliphatic carbocycles. The number of nitrogens with zero attached hydrogens (tertiary/aromatic N) is 3. The molecule has 4 rings (SSSR count). The van der Waals surface area contributed by atoms with Crippen molar-refractivity contribution in [3.8, 4) is 23.5 Å². The first-order valence-corrected chi connectivity index (χ1v) is 11.9. The minimum atomic E-state index is -0.920. The maximum Gasteiger partial charge on any atom is 0.336 e. The van der Waals surface area contributed by atoms with Crippen molar-refractivity contribution in [3.63, 3.8) is 0 Å². The smallest absolute Gasteiger partial charge is 0.336 e. The summed E-state index contributed by atoms with van der Waals surface area (Å²) in [6.07, 6.45) is 15.7. The molecule has 1 aliphatic rings. The number of aromatic carboxylic acids is 1. The molecule has 1 saturated carbocycles. The van der Waals surface area contributed by atoms with E-state index in [1.54, 1.807) is 12.1 Å². The van der Waals surface area contributed by atoms with Crippen LogP contribution in [0.4, 0.5) is 0 Å². The van der Waals surface area contributed by atoms with E-state index < -0.39 is 5.97 Å². The van der Waals surface area contributed by atoms with Gasteiger partial charge in [-0.3, -0.25) is 0 Å². The number of hydrogen-bond acceptors (Lipinski definition) is 3. The van der Waals surface area contributed by atoms with E-state index in [-0.39, 0.29) is 0 Å². The molecule has 0 saturated heterocycles. The van der Waals surface area contributed by atoms with Gasteiger partial charge in [-0.15, -0.1) is 12.3 Å². The zero-order valence-electron chi connectivity index (χ0n) is 19.0. The Morgan fingerprint density at radius 2 is 1.82 bits per heavy atom. The molecule has 1 aromatic heterocycles. The maximum absolute atomic E-state index is 11.6. The molecule has 0 aliphatic heterocycles. The molecular formula is C28H31N3O2. The van der Waals surface area contributed by atoms with E-state index in [4.69, 9.17) is 16.5 Å². The summed E-state index contributed by atoms with van der Waals surface area (Å²) < 4.78 is 1.98. The highest BCUT2D eigenvalue weighted by molar-refractivity contribution is 5.95. The fraction of sp³-hybridized carbons (Fsp3) is 0.393. The summed E-state index contributed by atoms with van der Waals surface area (Å²) in [5, 5.41) is 14.3. The first-order valence-electron chi connectivity index (χ1n) is 11.9. The normalized spacial score (nSPS) is 14.2. The van der Waals surface area contributed by atoms with Crippen molar-refractivity contribution in [1.82, 2.24) is 14.8 Å². The lowest BCUT2D eigenvalue weighted by Crippen LogP contribution is -2.08. The molecular weight excluding hydrogens is 410 g/mol. The van der Waals surface area contributed by atoms with E-state index in [0.717, 1.165) is 53.5 Å². The SMILES string of the molecule is C#CCCc1nc(CCC2CCCCC2)nn1Cc1ccc(-c2ccccc2C(=O)O)cc1. The van der Waals surface area contributed by atoms with Crippen LogP contribution in [0, 0.1) is 18.3 Å². The molecule has 1 fully saturated rings. The topological polar surface area (TPSA) is 68.0 Å². The Morgan fingerprint density at radius 3 is 2.55 bits per heavy atom. The van der Waals surface area contributed by atoms with Crippen molar-refractivity contribution < 1.29 is 9.90 Å². The Labute approximate surface area is 195 Å². The third-order valence-electron chi connectivity index (χ3n) is 6.54. The molecule has 0 atom stereocenters. The van der Waals surface area contributed by atoms with Crippen LogP contribution < -0.4 is 0 Å². The summed E-state index contributed by atoms with van der Waals surface area (Å²) in [4.78, 5) is 16.4. The van der Waals surface area contributed by atoms with Crippen LogP contribution in [0.1, 0.15) is 72.5 Å². The van der Waals surface area contributed by atoms with E-state index in [9.17, 15) is 9.90 Å². The molecule has 0 amide bonds. The zero-order valence-corrected chi connectivity index (χ0v) is 19.0. The average molecular weight is 442 g/mol. The quantitative estimate of drug-likeness (QED) is 0.428. The lowest BCUT2D eigenvalue weighted by molar-refractivity contribution is 0.0697. The standard InChI is InChI=1S/C28H31N3O2/c1-2-3-13-27-29-26(19-16-21-9-5-4-6-10-21)30-31(27)20-22-14-17-23(18-15-22)24-11-7-8-12-25(24)28(32)33/h1,7-8,11-12,14-15,17-18,21H,3-6,9-10,13,16,19-20H2,(H,32,33). The summed E-state index contributed by atoms with van der Waals surface area (Å²) in [7, 11) is 0. The van der Waals surface area contributed by atoms with Gasteiger partial charge in [-0.1, -0.05) is 74.6 Å². The van der Waals surface area contributed by atoms with E-state index >= 15 is 0 Å². The summed E-state index contributed by atoms with van der Waals surface area (Å²) in [5.41, 5.74) is 3.01. The van der Waals surface area contributed by atoms with Crippen molar-refractivity contribution >= 4 is 5.97 Å². The fourth-order valence-corrected chi connectivity index (χ4v) is 4.72. The second-order valence-electron chi connectivity index (χ2n) is 8.90. The van der Waals surface area contributed by atoms with Crippen molar-refractivity contribution in [2.45, 2.75) is 64.3 Å². The second kappa shape index (κ2) is 11.0. The molecule has 5 nitrogen and oxygen atoms in total. The summed E-state index contributed by atoms with van der Waals surface area (Å²) in [6.45, 7) is 0.622. The Balaban J connectivity index is 1.48. The predicted molar refractivity (Wildman–Crippen MR) is 130 cm³/mol. The number of rotatable bonds is 9. The van der Waals surface area contributed by atoms with Gasteiger partial charge in [-0.05, 0) is 35.1 Å². The van der Waals surface area contributed by atoms with Crippen LogP contribution >= 0.6 is 0 Å². The van der Waals surface area contributed by atoms with Gasteiger partial charge in [0.05, 0.1) is 12.1 Å². The number of hydrogen-bond donors (Lipinski definition) is 1. The maximum atomic E-state index is 11.6. The summed E-state index contributed by atoms with van der Waals surface area (Å²) >= 11 is 0. The van der Waals surface area contributed by atoms with Gasteiger partial charge in [0, 0.05) is 19.3 Å². The molecule has 0 spiro atoms. The number of terminal acetylenes is 1. The average Bonchev–Trinajstić information content (AvgIpc) is 3.24. The Kier molecular flexibility index (Phi) is 7.57. The van der Waals surface area contributed by atoms with Crippen LogP contribution in [-0.2, 0) is 19.4 Å². The fourth-order valence-electron chi connectivity index (χ4n) is 4.72. The molecule has 0 unspecified atom stereocenters. The minimum absolute atomic E-state index is 0.306. The van der Waals surface area contributed by atoms with Crippen molar-refractivity contribution in [2.24, 2.45) is 5.92 Å². The first kappa shape index (κ1) is 22.8. The van der Waals surface area contributed by atoms with Gasteiger partial charge in [-0.2, -0.15) is 5.10 Å². The van der Waals surface area contributed by atoms with Crippen LogP contribution in [0.3, 0.4) is 0 Å². The van der Waals surface area contributed by atoms with Gasteiger partial charge < -0.3 is 5.11 Å². The van der Waals surface area contributed by atoms with Crippen molar-refractivity contribution in [2.75, 3.05) is 0 Å². The van der Waals surface area contributed by atoms with Crippen LogP contribution in [0.5, 0.6) is 0 Å². The summed E-state index contributed by atoms with van der Waals surface area (Å²) in [5.74, 6) is 4.45. The molecule has 33 heavy (non-hydrogen) atoms. The number of carboxylic acid groups (broad SMARTS) is 1. The predicted octanol–water partition coefficient (Wildman–Crippen LogP) is 5.77. The summed E-state index contributed by atoms with van der Waals surface area (Å²) in [6, 6.07) is 15.1. The van der Waals surface area contributed by atoms with Gasteiger partial charge in [-0.25, -0.2) is 14.5 Å². The van der Waals surface area contributed by atoms with Crippen LogP contribution in [0.15, 0.2) is 48.5 Å². The van der Waals surface area contributed by atoms with Gasteiger partial charge >= 0.3 is 5.97 Å². The number of carbonyl (C=O) groups is 1. The molecule has 3 aromatic rings. The van der Waals surface area contributed by atoms with E-state index in [1.807, 2.05) is 41.1 Å². The van der Waals surface area contributed by atoms with Crippen LogP contribution in [0.25, 0.3) is 11.1 Å². The van der Waals surface area contributed by atoms with E-state index in [2.05, 4.69) is 5.92 Å². The second-order valence-corrected chi connectivity index (χ2v) is 8.90. The van der Waals surface area contributed by atoms with Gasteiger partial charge in [0.15, 0.2) is 5.82 Å². The molecule has 5 heteroatoms. The van der Waals surface area contributed by atoms with Crippen LogP contribution in [0.2, 0.25) is 0 Å². The van der Waals surface area contributed by atoms with E-state index in [1.165, 1.54) is 32.1 Å². The zero-order chi connectivity index (χ0) is 23.0. The third kappa shape index (κ3) is 5.90. The number of aromatic nitrogens is 3. The van der Waals surface area contributed by atoms with Gasteiger partial charge in [0.25, 0.3) is 0 Å². The monoisotopic (exact) mass is 441 g/mol. The lowest BCUT2D eigenvalue weighted by atomic mass is 9.86. The van der Waals surface area contributed by atoms with Crippen molar-refractivity contribution in [3.05, 3.63) is 71.3 Å². The number of benzene rings is 2. The Hall–Kier alpha value is -3.39. The molecule has 2 aromatic carbocycles. The van der Waals surface area contributed by atoms with Crippen LogP contribution in [-0.4, -0.2) is 25.8 Å². The highest BCUT2D eigenvalue weighted by atomic mass is 16.4. The van der Waals surface area contributed by atoms with Gasteiger partial charge in [0.1, 0.15) is 5.82 Å². The minimum Gasteiger partial charge on any atom is -0.478 e.